The SMILES string of the molecule is COC(=O)[C@@H]1C[C@@H](NC(=O)c2[nH]c3ccc(Cl)cc3c2-c2ccccc2)CN1Cc1ccc(OC)c(C)c1. The lowest BCUT2D eigenvalue weighted by atomic mass is 10.0. The van der Waals surface area contributed by atoms with Crippen LogP contribution in [0.25, 0.3) is 22.0 Å². The van der Waals surface area contributed by atoms with Gasteiger partial charge in [-0.05, 0) is 54.3 Å². The first-order chi connectivity index (χ1) is 18.4. The molecule has 2 heterocycles. The predicted molar refractivity (Wildman–Crippen MR) is 149 cm³/mol. The van der Waals surface area contributed by atoms with E-state index in [2.05, 4.69) is 21.3 Å². The van der Waals surface area contributed by atoms with E-state index in [4.69, 9.17) is 21.1 Å². The van der Waals surface area contributed by atoms with E-state index in [9.17, 15) is 9.59 Å². The molecule has 1 fully saturated rings. The fraction of sp³-hybridized carbons (Fsp3) is 0.267. The van der Waals surface area contributed by atoms with Crippen molar-refractivity contribution in [1.82, 2.24) is 15.2 Å². The zero-order valence-corrected chi connectivity index (χ0v) is 22.3. The molecule has 0 bridgehead atoms. The van der Waals surface area contributed by atoms with Gasteiger partial charge in [-0.1, -0.05) is 54.1 Å². The average molecular weight is 532 g/mol. The molecule has 2 N–H and O–H groups in total. The van der Waals surface area contributed by atoms with Crippen LogP contribution in [0.4, 0.5) is 0 Å². The Kier molecular flexibility index (Phi) is 7.40. The normalized spacial score (nSPS) is 17.5. The second kappa shape index (κ2) is 10.9. The molecule has 0 radical (unpaired) electrons. The third kappa shape index (κ3) is 5.12. The van der Waals surface area contributed by atoms with Crippen LogP contribution in [0, 0.1) is 6.92 Å². The Labute approximate surface area is 226 Å². The van der Waals surface area contributed by atoms with E-state index in [1.54, 1.807) is 13.2 Å². The summed E-state index contributed by atoms with van der Waals surface area (Å²) in [6.45, 7) is 3.06. The van der Waals surface area contributed by atoms with Gasteiger partial charge in [0.1, 0.15) is 17.5 Å². The summed E-state index contributed by atoms with van der Waals surface area (Å²) in [6, 6.07) is 20.6. The lowest BCUT2D eigenvalue weighted by Crippen LogP contribution is -2.38. The summed E-state index contributed by atoms with van der Waals surface area (Å²) in [7, 11) is 3.04. The van der Waals surface area contributed by atoms with E-state index < -0.39 is 6.04 Å². The van der Waals surface area contributed by atoms with Crippen molar-refractivity contribution in [3.8, 4) is 16.9 Å². The van der Waals surface area contributed by atoms with Crippen molar-refractivity contribution >= 4 is 34.4 Å². The molecule has 0 aliphatic carbocycles. The molecule has 1 amide bonds. The van der Waals surface area contributed by atoms with Crippen LogP contribution in [0.2, 0.25) is 5.02 Å². The van der Waals surface area contributed by atoms with Gasteiger partial charge in [-0.3, -0.25) is 14.5 Å². The number of likely N-dealkylation sites (tertiary alicyclic amines) is 1. The van der Waals surface area contributed by atoms with Gasteiger partial charge in [-0.15, -0.1) is 0 Å². The van der Waals surface area contributed by atoms with Gasteiger partial charge in [-0.25, -0.2) is 0 Å². The number of carbonyl (C=O) groups excluding carboxylic acids is 2. The molecule has 0 saturated carbocycles. The number of esters is 1. The van der Waals surface area contributed by atoms with Crippen LogP contribution in [0.15, 0.2) is 66.7 Å². The summed E-state index contributed by atoms with van der Waals surface area (Å²) in [5.74, 6) is 0.280. The van der Waals surface area contributed by atoms with Gasteiger partial charge in [0.15, 0.2) is 0 Å². The number of amides is 1. The van der Waals surface area contributed by atoms with Crippen molar-refractivity contribution in [2.24, 2.45) is 0 Å². The van der Waals surface area contributed by atoms with Crippen molar-refractivity contribution in [1.29, 1.82) is 0 Å². The van der Waals surface area contributed by atoms with Gasteiger partial charge in [0, 0.05) is 40.6 Å². The molecule has 2 atom stereocenters. The Morgan fingerprint density at radius 3 is 2.58 bits per heavy atom. The molecule has 8 heteroatoms. The molecule has 3 aromatic carbocycles. The minimum atomic E-state index is -0.456. The highest BCUT2D eigenvalue weighted by Gasteiger charge is 2.38. The van der Waals surface area contributed by atoms with Crippen LogP contribution >= 0.6 is 11.6 Å². The number of halogens is 1. The van der Waals surface area contributed by atoms with Crippen LogP contribution in [0.3, 0.4) is 0 Å². The Hall–Kier alpha value is -3.81. The first kappa shape index (κ1) is 25.8. The Morgan fingerprint density at radius 2 is 1.87 bits per heavy atom. The van der Waals surface area contributed by atoms with Crippen LogP contribution in [0.1, 0.15) is 28.0 Å². The number of nitrogens with one attached hydrogen (secondary N) is 2. The van der Waals surface area contributed by atoms with Gasteiger partial charge in [0.05, 0.1) is 14.2 Å². The first-order valence-corrected chi connectivity index (χ1v) is 12.9. The lowest BCUT2D eigenvalue weighted by molar-refractivity contribution is -0.146. The lowest BCUT2D eigenvalue weighted by Gasteiger charge is -2.22. The molecule has 1 aliphatic rings. The van der Waals surface area contributed by atoms with E-state index in [-0.39, 0.29) is 17.9 Å². The summed E-state index contributed by atoms with van der Waals surface area (Å²) in [4.78, 5) is 31.7. The third-order valence-electron chi connectivity index (χ3n) is 7.11. The number of aromatic nitrogens is 1. The topological polar surface area (TPSA) is 83.7 Å². The van der Waals surface area contributed by atoms with Crippen molar-refractivity contribution in [3.63, 3.8) is 0 Å². The second-order valence-corrected chi connectivity index (χ2v) is 10.0. The standard InChI is InChI=1S/C30H30ClN3O4/c1-18-13-19(9-12-26(18)37-2)16-34-17-22(15-25(34)30(36)38-3)32-29(35)28-27(20-7-5-4-6-8-20)23-14-21(31)10-11-24(23)33-28/h4-14,22,25,33H,15-17H2,1-3H3,(H,32,35)/t22-,25+/m1/s1. The molecule has 4 aromatic rings. The maximum atomic E-state index is 13.7. The largest absolute Gasteiger partial charge is 0.496 e. The van der Waals surface area contributed by atoms with E-state index in [1.165, 1.54) is 7.11 Å². The zero-order valence-electron chi connectivity index (χ0n) is 21.6. The fourth-order valence-corrected chi connectivity index (χ4v) is 5.51. The van der Waals surface area contributed by atoms with Crippen molar-refractivity contribution in [3.05, 3.63) is 88.6 Å². The summed E-state index contributed by atoms with van der Waals surface area (Å²) < 4.78 is 10.5. The second-order valence-electron chi connectivity index (χ2n) is 9.61. The molecule has 1 aliphatic heterocycles. The molecule has 1 aromatic heterocycles. The zero-order chi connectivity index (χ0) is 26.8. The van der Waals surface area contributed by atoms with Gasteiger partial charge < -0.3 is 19.8 Å². The predicted octanol–water partition coefficient (Wildman–Crippen LogP) is 5.35. The smallest absolute Gasteiger partial charge is 0.323 e. The van der Waals surface area contributed by atoms with Crippen molar-refractivity contribution < 1.29 is 19.1 Å². The number of rotatable bonds is 7. The van der Waals surface area contributed by atoms with Gasteiger partial charge in [0.2, 0.25) is 0 Å². The van der Waals surface area contributed by atoms with E-state index in [0.717, 1.165) is 38.9 Å². The number of benzene rings is 3. The molecule has 1 saturated heterocycles. The summed E-state index contributed by atoms with van der Waals surface area (Å²) >= 11 is 6.30. The maximum Gasteiger partial charge on any atom is 0.323 e. The number of aromatic amines is 1. The summed E-state index contributed by atoms with van der Waals surface area (Å²) in [6.07, 6.45) is 0.459. The van der Waals surface area contributed by atoms with E-state index in [1.807, 2.05) is 61.5 Å². The molecule has 0 spiro atoms. The Morgan fingerprint density at radius 1 is 1.08 bits per heavy atom. The van der Waals surface area contributed by atoms with Crippen LogP contribution in [0.5, 0.6) is 5.75 Å². The van der Waals surface area contributed by atoms with Crippen LogP contribution in [-0.2, 0) is 16.1 Å². The number of fused-ring (bicyclic) bond motifs is 1. The maximum absolute atomic E-state index is 13.7. The molecule has 5 rings (SSSR count). The minimum absolute atomic E-state index is 0.230. The molecule has 196 valence electrons. The number of H-pyrrole nitrogens is 1. The minimum Gasteiger partial charge on any atom is -0.496 e. The number of aryl methyl sites for hydroxylation is 1. The van der Waals surface area contributed by atoms with E-state index in [0.29, 0.717) is 30.2 Å². The number of nitrogens with zero attached hydrogens (tertiary/aromatic N) is 1. The van der Waals surface area contributed by atoms with Crippen molar-refractivity contribution in [2.75, 3.05) is 20.8 Å². The van der Waals surface area contributed by atoms with E-state index >= 15 is 0 Å². The molecule has 38 heavy (non-hydrogen) atoms. The molecular formula is C30H30ClN3O4. The summed E-state index contributed by atoms with van der Waals surface area (Å²) in [5, 5.41) is 4.64. The van der Waals surface area contributed by atoms with Gasteiger partial charge >= 0.3 is 5.97 Å². The molecule has 7 nitrogen and oxygen atoms in total. The monoisotopic (exact) mass is 531 g/mol. The van der Waals surface area contributed by atoms with Gasteiger partial charge in [0.25, 0.3) is 5.91 Å². The average Bonchev–Trinajstić information content (AvgIpc) is 3.49. The van der Waals surface area contributed by atoms with Crippen molar-refractivity contribution in [2.45, 2.75) is 32.0 Å². The first-order valence-electron chi connectivity index (χ1n) is 12.5. The summed E-state index contributed by atoms with van der Waals surface area (Å²) in [5.41, 5.74) is 5.09. The number of hydrogen-bond acceptors (Lipinski definition) is 5. The van der Waals surface area contributed by atoms with Gasteiger partial charge in [-0.2, -0.15) is 0 Å². The quantitative estimate of drug-likeness (QED) is 0.314. The highest BCUT2D eigenvalue weighted by molar-refractivity contribution is 6.31. The fourth-order valence-electron chi connectivity index (χ4n) is 5.33. The molecule has 0 unspecified atom stereocenters. The van der Waals surface area contributed by atoms with Crippen LogP contribution < -0.4 is 10.1 Å². The highest BCUT2D eigenvalue weighted by atomic mass is 35.5. The molecular weight excluding hydrogens is 502 g/mol. The number of ether oxygens (including phenoxy) is 2. The third-order valence-corrected chi connectivity index (χ3v) is 7.34. The Balaban J connectivity index is 1.40. The number of hydrogen-bond donors (Lipinski definition) is 2. The number of carbonyl (C=O) groups is 2. The van der Waals surface area contributed by atoms with Crippen LogP contribution in [-0.4, -0.2) is 54.6 Å². The highest BCUT2D eigenvalue weighted by Crippen LogP contribution is 2.34. The number of methoxy groups -OCH3 is 2. The Bertz CT molecular complexity index is 1480.